The minimum absolute atomic E-state index is 0.360. The van der Waals surface area contributed by atoms with Crippen LogP contribution in [-0.4, -0.2) is 33.4 Å². The Morgan fingerprint density at radius 3 is 1.40 bits per heavy atom. The van der Waals surface area contributed by atoms with E-state index in [1.165, 1.54) is 0 Å². The zero-order chi connectivity index (χ0) is 17.2. The molecule has 7 heteroatoms. The van der Waals surface area contributed by atoms with Gasteiger partial charge < -0.3 is 9.47 Å². The number of esters is 4. The molecule has 0 amide bonds. The Hall–Kier alpha value is -1.37. The number of rotatable bonds is 2. The molecule has 0 aromatic rings. The van der Waals surface area contributed by atoms with Crippen LogP contribution in [0.15, 0.2) is 0 Å². The third-order valence-corrected chi connectivity index (χ3v) is 10.3. The Bertz CT molecular complexity index is 696. The number of hydrogen-bond donors (Lipinski definition) is 0. The fourth-order valence-corrected chi connectivity index (χ4v) is 9.65. The minimum atomic E-state index is -1.03. The van der Waals surface area contributed by atoms with Crippen molar-refractivity contribution in [1.29, 1.82) is 0 Å². The van der Waals surface area contributed by atoms with E-state index in [0.29, 0.717) is 24.7 Å². The Morgan fingerprint density at radius 2 is 1.08 bits per heavy atom. The number of carbonyl (C=O) groups excluding carboxylic acids is 4. The highest BCUT2D eigenvalue weighted by atomic mass is 32.2. The van der Waals surface area contributed by atoms with Gasteiger partial charge >= 0.3 is 23.9 Å². The quantitative estimate of drug-likeness (QED) is 0.546. The topological polar surface area (TPSA) is 86.7 Å². The number of carbonyl (C=O) groups is 4. The summed E-state index contributed by atoms with van der Waals surface area (Å²) in [5.41, 5.74) is -2.07. The van der Waals surface area contributed by atoms with Crippen molar-refractivity contribution in [3.63, 3.8) is 0 Å². The van der Waals surface area contributed by atoms with Crippen LogP contribution in [0.5, 0.6) is 0 Å². The molecule has 4 unspecified atom stereocenters. The molecule has 2 aliphatic heterocycles. The molecular formula is C18H18O6S. The van der Waals surface area contributed by atoms with Crippen LogP contribution in [0.1, 0.15) is 51.4 Å². The van der Waals surface area contributed by atoms with E-state index in [1.807, 2.05) is 0 Å². The van der Waals surface area contributed by atoms with Crippen LogP contribution in [-0.2, 0) is 28.7 Å². The summed E-state index contributed by atoms with van der Waals surface area (Å²) in [7, 11) is 0. The second-order valence-corrected chi connectivity index (χ2v) is 10.6. The Balaban J connectivity index is 1.46. The van der Waals surface area contributed by atoms with Crippen molar-refractivity contribution in [3.05, 3.63) is 0 Å². The van der Waals surface area contributed by atoms with E-state index >= 15 is 0 Å². The SMILES string of the molecule is O=C1OC(=O)C12CC1CCC2(SC23CCC(C2)CC32C(=O)OC2=O)C1. The molecule has 4 atom stereocenters. The normalized spacial score (nSPS) is 47.2. The molecule has 6 aliphatic rings. The van der Waals surface area contributed by atoms with Crippen molar-refractivity contribution in [3.8, 4) is 0 Å². The van der Waals surface area contributed by atoms with Crippen LogP contribution >= 0.6 is 11.8 Å². The fraction of sp³-hybridized carbons (Fsp3) is 0.778. The van der Waals surface area contributed by atoms with E-state index in [-0.39, 0.29) is 0 Å². The van der Waals surface area contributed by atoms with E-state index in [0.717, 1.165) is 38.5 Å². The molecule has 132 valence electrons. The number of cyclic esters (lactones) is 4. The second-order valence-electron chi connectivity index (χ2n) is 8.88. The molecule has 2 saturated heterocycles. The highest BCUT2D eigenvalue weighted by Gasteiger charge is 2.82. The van der Waals surface area contributed by atoms with E-state index < -0.39 is 44.2 Å². The van der Waals surface area contributed by atoms with Crippen molar-refractivity contribution in [1.82, 2.24) is 0 Å². The van der Waals surface area contributed by atoms with Crippen molar-refractivity contribution in [2.75, 3.05) is 0 Å². The lowest BCUT2D eigenvalue weighted by Crippen LogP contribution is -2.67. The second kappa shape index (κ2) is 3.97. The molecule has 0 aromatic heterocycles. The molecule has 6 nitrogen and oxygen atoms in total. The van der Waals surface area contributed by atoms with Crippen molar-refractivity contribution in [2.24, 2.45) is 22.7 Å². The zero-order valence-electron chi connectivity index (χ0n) is 13.7. The lowest BCUT2D eigenvalue weighted by atomic mass is 9.69. The monoisotopic (exact) mass is 362 g/mol. The summed E-state index contributed by atoms with van der Waals surface area (Å²) in [5, 5.41) is 0. The van der Waals surface area contributed by atoms with Crippen LogP contribution < -0.4 is 0 Å². The zero-order valence-corrected chi connectivity index (χ0v) is 14.5. The maximum atomic E-state index is 12.4. The molecule has 0 aromatic carbocycles. The maximum absolute atomic E-state index is 12.4. The third kappa shape index (κ3) is 1.28. The fourth-order valence-electron chi connectivity index (χ4n) is 6.98. The van der Waals surface area contributed by atoms with Gasteiger partial charge in [0.05, 0.1) is 0 Å². The standard InChI is InChI=1S/C18H18O6S/c19-11-17(12(20)23-11)7-9-1-3-15(17,5-9)25-16-4-2-10(6-16)8-18(16)13(21)24-14(18)22/h9-10H,1-8H2. The van der Waals surface area contributed by atoms with E-state index in [1.54, 1.807) is 11.8 Å². The lowest BCUT2D eigenvalue weighted by Gasteiger charge is -2.54. The molecule has 0 N–H and O–H groups in total. The Morgan fingerprint density at radius 1 is 0.680 bits per heavy atom. The summed E-state index contributed by atoms with van der Waals surface area (Å²) < 4.78 is 8.55. The summed E-state index contributed by atoms with van der Waals surface area (Å²) >= 11 is 1.63. The summed E-state index contributed by atoms with van der Waals surface area (Å²) in [6, 6.07) is 0. The first kappa shape index (κ1) is 14.8. The molecule has 6 fully saturated rings. The Labute approximate surface area is 148 Å². The van der Waals surface area contributed by atoms with Gasteiger partial charge in [0.15, 0.2) is 10.8 Å². The first-order valence-electron chi connectivity index (χ1n) is 9.11. The molecule has 25 heavy (non-hydrogen) atoms. The summed E-state index contributed by atoms with van der Waals surface area (Å²) in [5.74, 6) is -0.862. The van der Waals surface area contributed by atoms with Gasteiger partial charge in [-0.05, 0) is 63.2 Å². The van der Waals surface area contributed by atoms with Gasteiger partial charge in [-0.2, -0.15) is 0 Å². The van der Waals surface area contributed by atoms with Gasteiger partial charge in [-0.25, -0.2) is 0 Å². The van der Waals surface area contributed by atoms with Crippen LogP contribution in [0, 0.1) is 22.7 Å². The predicted octanol–water partition coefficient (Wildman–Crippen LogP) is 1.74. The first-order chi connectivity index (χ1) is 11.9. The van der Waals surface area contributed by atoms with E-state index in [2.05, 4.69) is 0 Å². The highest BCUT2D eigenvalue weighted by molar-refractivity contribution is 8.02. The Kier molecular flexibility index (Phi) is 2.35. The van der Waals surface area contributed by atoms with Gasteiger partial charge in [-0.1, -0.05) is 0 Å². The molecule has 6 rings (SSSR count). The molecule has 2 heterocycles. The van der Waals surface area contributed by atoms with E-state index in [4.69, 9.17) is 9.47 Å². The van der Waals surface area contributed by atoms with Crippen LogP contribution in [0.25, 0.3) is 0 Å². The van der Waals surface area contributed by atoms with Crippen molar-refractivity contribution in [2.45, 2.75) is 60.9 Å². The van der Waals surface area contributed by atoms with Gasteiger partial charge in [0.1, 0.15) is 0 Å². The lowest BCUT2D eigenvalue weighted by molar-refractivity contribution is -0.200. The van der Waals surface area contributed by atoms with Crippen molar-refractivity contribution < 1.29 is 28.7 Å². The molecule has 4 bridgehead atoms. The molecule has 2 spiro atoms. The summed E-state index contributed by atoms with van der Waals surface area (Å²) in [4.78, 5) is 49.6. The van der Waals surface area contributed by atoms with Gasteiger partial charge in [0, 0.05) is 9.49 Å². The van der Waals surface area contributed by atoms with Crippen LogP contribution in [0.2, 0.25) is 0 Å². The first-order valence-corrected chi connectivity index (χ1v) is 9.93. The largest absolute Gasteiger partial charge is 0.391 e. The van der Waals surface area contributed by atoms with Gasteiger partial charge in [-0.3, -0.25) is 19.2 Å². The molecule has 4 saturated carbocycles. The minimum Gasteiger partial charge on any atom is -0.391 e. The molecule has 0 radical (unpaired) electrons. The average molecular weight is 362 g/mol. The highest BCUT2D eigenvalue weighted by Crippen LogP contribution is 2.77. The van der Waals surface area contributed by atoms with Crippen LogP contribution in [0.4, 0.5) is 0 Å². The summed E-state index contributed by atoms with van der Waals surface area (Å²) in [6.45, 7) is 0. The number of thioether (sulfide) groups is 1. The smallest absolute Gasteiger partial charge is 0.332 e. The number of ether oxygens (including phenoxy) is 2. The molecule has 4 aliphatic carbocycles. The van der Waals surface area contributed by atoms with Crippen LogP contribution in [0.3, 0.4) is 0 Å². The maximum Gasteiger partial charge on any atom is 0.332 e. The van der Waals surface area contributed by atoms with Gasteiger partial charge in [-0.15, -0.1) is 11.8 Å². The third-order valence-electron chi connectivity index (χ3n) is 8.05. The summed E-state index contributed by atoms with van der Waals surface area (Å²) in [6.07, 6.45) is 6.34. The predicted molar refractivity (Wildman–Crippen MR) is 84.0 cm³/mol. The van der Waals surface area contributed by atoms with Crippen molar-refractivity contribution >= 4 is 35.6 Å². The molecular weight excluding hydrogens is 344 g/mol. The number of hydrogen-bond acceptors (Lipinski definition) is 7. The number of fused-ring (bicyclic) bond motifs is 6. The van der Waals surface area contributed by atoms with Gasteiger partial charge in [0.25, 0.3) is 0 Å². The van der Waals surface area contributed by atoms with E-state index in [9.17, 15) is 19.2 Å². The average Bonchev–Trinajstić information content (AvgIpc) is 3.31. The van der Waals surface area contributed by atoms with Gasteiger partial charge in [0.2, 0.25) is 0 Å².